The van der Waals surface area contributed by atoms with Gasteiger partial charge in [-0.2, -0.15) is 0 Å². The smallest absolute Gasteiger partial charge is 0.147 e. The van der Waals surface area contributed by atoms with Crippen molar-refractivity contribution in [3.63, 3.8) is 0 Å². The molecule has 84 valence electrons. The van der Waals surface area contributed by atoms with Gasteiger partial charge in [-0.25, -0.2) is 4.98 Å². The summed E-state index contributed by atoms with van der Waals surface area (Å²) in [5, 5.41) is 0.642. The van der Waals surface area contributed by atoms with Crippen LogP contribution in [0.4, 0.5) is 5.82 Å². The van der Waals surface area contributed by atoms with Crippen LogP contribution >= 0.6 is 27.5 Å². The molecule has 0 aliphatic heterocycles. The number of halogens is 2. The Morgan fingerprint density at radius 2 is 2.33 bits per heavy atom. The first-order chi connectivity index (χ1) is 7.15. The average Bonchev–Trinajstić information content (AvgIpc) is 2.17. The topological polar surface area (TPSA) is 25.4 Å². The minimum Gasteiger partial charge on any atom is -0.380 e. The van der Waals surface area contributed by atoms with Crippen LogP contribution in [-0.4, -0.2) is 31.8 Å². The van der Waals surface area contributed by atoms with E-state index in [1.165, 1.54) is 0 Å². The molecule has 0 saturated carbocycles. The zero-order chi connectivity index (χ0) is 11.3. The molecule has 15 heavy (non-hydrogen) atoms. The largest absolute Gasteiger partial charge is 0.380 e. The molecular weight excluding hydrogens is 279 g/mol. The van der Waals surface area contributed by atoms with Gasteiger partial charge in [-0.15, -0.1) is 0 Å². The number of pyridine rings is 1. The summed E-state index contributed by atoms with van der Waals surface area (Å²) in [6.07, 6.45) is 1.73. The lowest BCUT2D eigenvalue weighted by atomic mass is 10.4. The van der Waals surface area contributed by atoms with Gasteiger partial charge in [-0.1, -0.05) is 11.6 Å². The number of anilines is 1. The first-order valence-electron chi connectivity index (χ1n) is 4.75. The van der Waals surface area contributed by atoms with Crippen LogP contribution in [0.3, 0.4) is 0 Å². The lowest BCUT2D eigenvalue weighted by molar-refractivity contribution is 0.154. The standard InChI is InChI=1S/C10H14BrClN2O/c1-3-15-5-4-14(2)10-9(12)6-8(11)7-13-10/h6-7H,3-5H2,1-2H3. The SMILES string of the molecule is CCOCCN(C)c1ncc(Br)cc1Cl. The van der Waals surface area contributed by atoms with E-state index in [0.717, 1.165) is 23.4 Å². The van der Waals surface area contributed by atoms with E-state index in [4.69, 9.17) is 16.3 Å². The molecule has 1 heterocycles. The lowest BCUT2D eigenvalue weighted by Gasteiger charge is -2.18. The Balaban J connectivity index is 2.61. The van der Waals surface area contributed by atoms with Crippen LogP contribution in [0, 0.1) is 0 Å². The number of likely N-dealkylation sites (N-methyl/N-ethyl adjacent to an activating group) is 1. The Labute approximate surface area is 104 Å². The van der Waals surface area contributed by atoms with E-state index in [0.29, 0.717) is 11.6 Å². The average molecular weight is 294 g/mol. The van der Waals surface area contributed by atoms with Crippen LogP contribution in [-0.2, 0) is 4.74 Å². The Hall–Kier alpha value is -0.320. The number of hydrogen-bond acceptors (Lipinski definition) is 3. The molecule has 0 atom stereocenters. The monoisotopic (exact) mass is 292 g/mol. The Morgan fingerprint density at radius 1 is 1.60 bits per heavy atom. The van der Waals surface area contributed by atoms with Crippen molar-refractivity contribution in [1.82, 2.24) is 4.98 Å². The molecule has 0 unspecified atom stereocenters. The second kappa shape index (κ2) is 6.30. The quantitative estimate of drug-likeness (QED) is 0.781. The number of hydrogen-bond donors (Lipinski definition) is 0. The van der Waals surface area contributed by atoms with E-state index in [1.807, 2.05) is 24.9 Å². The fourth-order valence-electron chi connectivity index (χ4n) is 1.14. The molecule has 5 heteroatoms. The van der Waals surface area contributed by atoms with Crippen molar-refractivity contribution in [2.24, 2.45) is 0 Å². The highest BCUT2D eigenvalue weighted by Crippen LogP contribution is 2.25. The predicted octanol–water partition coefficient (Wildman–Crippen LogP) is 2.97. The molecule has 0 radical (unpaired) electrons. The second-order valence-electron chi connectivity index (χ2n) is 3.08. The summed E-state index contributed by atoms with van der Waals surface area (Å²) in [6, 6.07) is 1.83. The molecule has 1 rings (SSSR count). The van der Waals surface area contributed by atoms with Crippen LogP contribution in [0.1, 0.15) is 6.92 Å². The Bertz CT molecular complexity index is 322. The number of nitrogens with zero attached hydrogens (tertiary/aromatic N) is 2. The van der Waals surface area contributed by atoms with E-state index in [1.54, 1.807) is 6.20 Å². The minimum atomic E-state index is 0.642. The molecule has 0 fully saturated rings. The highest BCUT2D eigenvalue weighted by atomic mass is 79.9. The van der Waals surface area contributed by atoms with Gasteiger partial charge in [-0.3, -0.25) is 0 Å². The van der Waals surface area contributed by atoms with Gasteiger partial charge in [0.2, 0.25) is 0 Å². The number of aromatic nitrogens is 1. The first-order valence-corrected chi connectivity index (χ1v) is 5.92. The highest BCUT2D eigenvalue weighted by Gasteiger charge is 2.07. The van der Waals surface area contributed by atoms with Gasteiger partial charge in [0.15, 0.2) is 0 Å². The van der Waals surface area contributed by atoms with Gasteiger partial charge in [0.1, 0.15) is 5.82 Å². The number of ether oxygens (including phenoxy) is 1. The van der Waals surface area contributed by atoms with Gasteiger partial charge in [0.25, 0.3) is 0 Å². The van der Waals surface area contributed by atoms with Gasteiger partial charge in [0.05, 0.1) is 11.6 Å². The zero-order valence-electron chi connectivity index (χ0n) is 8.83. The van der Waals surface area contributed by atoms with Crippen molar-refractivity contribution in [1.29, 1.82) is 0 Å². The normalized spacial score (nSPS) is 10.4. The van der Waals surface area contributed by atoms with Crippen molar-refractivity contribution >= 4 is 33.3 Å². The molecule has 0 aliphatic carbocycles. The Kier molecular flexibility index (Phi) is 5.36. The summed E-state index contributed by atoms with van der Waals surface area (Å²) in [7, 11) is 1.95. The highest BCUT2D eigenvalue weighted by molar-refractivity contribution is 9.10. The van der Waals surface area contributed by atoms with Crippen molar-refractivity contribution in [3.8, 4) is 0 Å². The third-order valence-electron chi connectivity index (χ3n) is 1.93. The van der Waals surface area contributed by atoms with Gasteiger partial charge in [0, 0.05) is 30.9 Å². The second-order valence-corrected chi connectivity index (χ2v) is 4.40. The zero-order valence-corrected chi connectivity index (χ0v) is 11.2. The Morgan fingerprint density at radius 3 is 2.93 bits per heavy atom. The van der Waals surface area contributed by atoms with E-state index in [2.05, 4.69) is 20.9 Å². The van der Waals surface area contributed by atoms with Crippen molar-refractivity contribution in [2.75, 3.05) is 31.7 Å². The summed E-state index contributed by atoms with van der Waals surface area (Å²) >= 11 is 9.38. The van der Waals surface area contributed by atoms with E-state index in [-0.39, 0.29) is 0 Å². The van der Waals surface area contributed by atoms with E-state index < -0.39 is 0 Å². The minimum absolute atomic E-state index is 0.642. The molecule has 0 spiro atoms. The predicted molar refractivity (Wildman–Crippen MR) is 66.7 cm³/mol. The molecular formula is C10H14BrClN2O. The van der Waals surface area contributed by atoms with E-state index in [9.17, 15) is 0 Å². The summed E-state index contributed by atoms with van der Waals surface area (Å²) in [4.78, 5) is 6.22. The molecule has 1 aromatic heterocycles. The molecule has 0 amide bonds. The van der Waals surface area contributed by atoms with E-state index >= 15 is 0 Å². The molecule has 1 aromatic rings. The molecule has 0 aliphatic rings. The third kappa shape index (κ3) is 3.97. The summed E-state index contributed by atoms with van der Waals surface area (Å²) in [6.45, 7) is 4.17. The van der Waals surface area contributed by atoms with Crippen LogP contribution in [0.5, 0.6) is 0 Å². The van der Waals surface area contributed by atoms with Crippen molar-refractivity contribution in [3.05, 3.63) is 21.8 Å². The summed E-state index contributed by atoms with van der Waals surface area (Å²) in [5.74, 6) is 0.777. The fourth-order valence-corrected chi connectivity index (χ4v) is 1.91. The fraction of sp³-hybridized carbons (Fsp3) is 0.500. The maximum atomic E-state index is 6.06. The van der Waals surface area contributed by atoms with Gasteiger partial charge >= 0.3 is 0 Å². The molecule has 0 saturated heterocycles. The van der Waals surface area contributed by atoms with Crippen LogP contribution in [0.2, 0.25) is 5.02 Å². The maximum Gasteiger partial charge on any atom is 0.147 e. The third-order valence-corrected chi connectivity index (χ3v) is 2.64. The van der Waals surface area contributed by atoms with Gasteiger partial charge in [-0.05, 0) is 28.9 Å². The summed E-state index contributed by atoms with van der Waals surface area (Å²) < 4.78 is 6.15. The summed E-state index contributed by atoms with van der Waals surface area (Å²) in [5.41, 5.74) is 0. The van der Waals surface area contributed by atoms with Crippen LogP contribution in [0.25, 0.3) is 0 Å². The number of rotatable bonds is 5. The maximum absolute atomic E-state index is 6.06. The molecule has 0 bridgehead atoms. The van der Waals surface area contributed by atoms with Crippen LogP contribution in [0.15, 0.2) is 16.7 Å². The lowest BCUT2D eigenvalue weighted by Crippen LogP contribution is -2.23. The van der Waals surface area contributed by atoms with Crippen LogP contribution < -0.4 is 4.90 Å². The molecule has 3 nitrogen and oxygen atoms in total. The van der Waals surface area contributed by atoms with Crippen molar-refractivity contribution < 1.29 is 4.74 Å². The molecule has 0 N–H and O–H groups in total. The van der Waals surface area contributed by atoms with Gasteiger partial charge < -0.3 is 9.64 Å². The molecule has 0 aromatic carbocycles. The first kappa shape index (κ1) is 12.7. The van der Waals surface area contributed by atoms with Crippen molar-refractivity contribution in [2.45, 2.75) is 6.92 Å².